The predicted octanol–water partition coefficient (Wildman–Crippen LogP) is 2.74. The summed E-state index contributed by atoms with van der Waals surface area (Å²) in [5.41, 5.74) is 1.47. The molecule has 1 aromatic heterocycles. The van der Waals surface area contributed by atoms with Gasteiger partial charge in [-0.2, -0.15) is 0 Å². The molecule has 126 valence electrons. The van der Waals surface area contributed by atoms with Gasteiger partial charge in [-0.05, 0) is 42.7 Å². The molecule has 6 heteroatoms. The SMILES string of the molecule is O=C(NC[C@@H]1CCCO1)c1ccc(NCc2ccc(F)cc2)nc1. The number of aromatic nitrogens is 1. The van der Waals surface area contributed by atoms with Gasteiger partial charge in [-0.15, -0.1) is 0 Å². The minimum absolute atomic E-state index is 0.124. The Labute approximate surface area is 140 Å². The van der Waals surface area contributed by atoms with Gasteiger partial charge in [-0.1, -0.05) is 12.1 Å². The topological polar surface area (TPSA) is 63.2 Å². The van der Waals surface area contributed by atoms with Crippen LogP contribution < -0.4 is 10.6 Å². The molecular formula is C18H20FN3O2. The second-order valence-electron chi connectivity index (χ2n) is 5.76. The quantitative estimate of drug-likeness (QED) is 0.855. The van der Waals surface area contributed by atoms with E-state index in [-0.39, 0.29) is 17.8 Å². The number of nitrogens with zero attached hydrogens (tertiary/aromatic N) is 1. The van der Waals surface area contributed by atoms with Gasteiger partial charge in [0.05, 0.1) is 11.7 Å². The van der Waals surface area contributed by atoms with Crippen LogP contribution in [0.25, 0.3) is 0 Å². The number of pyridine rings is 1. The van der Waals surface area contributed by atoms with Gasteiger partial charge in [0.1, 0.15) is 11.6 Å². The van der Waals surface area contributed by atoms with E-state index in [1.54, 1.807) is 24.3 Å². The van der Waals surface area contributed by atoms with Gasteiger partial charge in [-0.25, -0.2) is 9.37 Å². The molecule has 2 aromatic rings. The maximum Gasteiger partial charge on any atom is 0.252 e. The van der Waals surface area contributed by atoms with Crippen LogP contribution in [-0.2, 0) is 11.3 Å². The molecular weight excluding hydrogens is 309 g/mol. The van der Waals surface area contributed by atoms with Gasteiger partial charge in [0.25, 0.3) is 5.91 Å². The summed E-state index contributed by atoms with van der Waals surface area (Å²) in [7, 11) is 0. The first kappa shape index (κ1) is 16.4. The lowest BCUT2D eigenvalue weighted by molar-refractivity contribution is 0.0857. The Morgan fingerprint density at radius 1 is 1.25 bits per heavy atom. The van der Waals surface area contributed by atoms with Crippen molar-refractivity contribution in [3.63, 3.8) is 0 Å². The zero-order chi connectivity index (χ0) is 16.8. The Hall–Kier alpha value is -2.47. The van der Waals surface area contributed by atoms with Crippen molar-refractivity contribution in [2.24, 2.45) is 0 Å². The molecule has 1 amide bonds. The van der Waals surface area contributed by atoms with Crippen molar-refractivity contribution in [2.45, 2.75) is 25.5 Å². The van der Waals surface area contributed by atoms with Crippen LogP contribution in [-0.4, -0.2) is 30.1 Å². The fourth-order valence-corrected chi connectivity index (χ4v) is 2.54. The van der Waals surface area contributed by atoms with Gasteiger partial charge in [0, 0.05) is 25.9 Å². The number of carbonyl (C=O) groups is 1. The normalized spacial score (nSPS) is 16.8. The summed E-state index contributed by atoms with van der Waals surface area (Å²) in [4.78, 5) is 16.3. The number of halogens is 1. The fourth-order valence-electron chi connectivity index (χ4n) is 2.54. The molecule has 0 unspecified atom stereocenters. The Bertz CT molecular complexity index is 668. The maximum atomic E-state index is 12.9. The zero-order valence-electron chi connectivity index (χ0n) is 13.3. The summed E-state index contributed by atoms with van der Waals surface area (Å²) in [6, 6.07) is 9.76. The summed E-state index contributed by atoms with van der Waals surface area (Å²) in [6.45, 7) is 1.84. The van der Waals surface area contributed by atoms with Crippen molar-refractivity contribution >= 4 is 11.7 Å². The summed E-state index contributed by atoms with van der Waals surface area (Å²) in [6.07, 6.45) is 3.71. The van der Waals surface area contributed by atoms with Gasteiger partial charge < -0.3 is 15.4 Å². The molecule has 2 heterocycles. The Morgan fingerprint density at radius 3 is 2.75 bits per heavy atom. The number of rotatable bonds is 6. The zero-order valence-corrected chi connectivity index (χ0v) is 13.3. The lowest BCUT2D eigenvalue weighted by Gasteiger charge is -2.11. The predicted molar refractivity (Wildman–Crippen MR) is 89.3 cm³/mol. The van der Waals surface area contributed by atoms with Crippen LogP contribution in [0.2, 0.25) is 0 Å². The Balaban J connectivity index is 1.48. The Kier molecular flexibility index (Phi) is 5.38. The van der Waals surface area contributed by atoms with Crippen molar-refractivity contribution < 1.29 is 13.9 Å². The fraction of sp³-hybridized carbons (Fsp3) is 0.333. The van der Waals surface area contributed by atoms with Crippen molar-refractivity contribution in [3.05, 3.63) is 59.5 Å². The van der Waals surface area contributed by atoms with Crippen molar-refractivity contribution in [3.8, 4) is 0 Å². The van der Waals surface area contributed by atoms with E-state index in [9.17, 15) is 9.18 Å². The average Bonchev–Trinajstić information content (AvgIpc) is 3.13. The molecule has 3 rings (SSSR count). The molecule has 1 aliphatic rings. The second kappa shape index (κ2) is 7.88. The number of benzene rings is 1. The van der Waals surface area contributed by atoms with E-state index in [4.69, 9.17) is 4.74 Å². The van der Waals surface area contributed by atoms with E-state index in [1.807, 2.05) is 0 Å². The third kappa shape index (κ3) is 4.52. The van der Waals surface area contributed by atoms with Crippen LogP contribution in [0.4, 0.5) is 10.2 Å². The molecule has 0 aliphatic carbocycles. The lowest BCUT2D eigenvalue weighted by Crippen LogP contribution is -2.31. The van der Waals surface area contributed by atoms with Gasteiger partial charge in [0.2, 0.25) is 0 Å². The molecule has 1 atom stereocenters. The lowest BCUT2D eigenvalue weighted by atomic mass is 10.2. The molecule has 0 radical (unpaired) electrons. The van der Waals surface area contributed by atoms with Crippen molar-refractivity contribution in [1.82, 2.24) is 10.3 Å². The first-order valence-electron chi connectivity index (χ1n) is 8.05. The van der Waals surface area contributed by atoms with E-state index in [0.717, 1.165) is 25.0 Å². The third-order valence-electron chi connectivity index (χ3n) is 3.93. The number of hydrogen-bond donors (Lipinski definition) is 2. The van der Waals surface area contributed by atoms with Gasteiger partial charge in [0.15, 0.2) is 0 Å². The largest absolute Gasteiger partial charge is 0.376 e. The highest BCUT2D eigenvalue weighted by molar-refractivity contribution is 5.94. The molecule has 1 fully saturated rings. The first-order chi connectivity index (χ1) is 11.7. The number of ether oxygens (including phenoxy) is 1. The molecule has 1 aliphatic heterocycles. The number of hydrogen-bond acceptors (Lipinski definition) is 4. The molecule has 0 spiro atoms. The average molecular weight is 329 g/mol. The number of amides is 1. The van der Waals surface area contributed by atoms with Crippen LogP contribution in [0.15, 0.2) is 42.6 Å². The summed E-state index contributed by atoms with van der Waals surface area (Å²) in [5.74, 6) is 0.258. The highest BCUT2D eigenvalue weighted by atomic mass is 19.1. The van der Waals surface area contributed by atoms with Crippen molar-refractivity contribution in [1.29, 1.82) is 0 Å². The van der Waals surface area contributed by atoms with Crippen LogP contribution in [0, 0.1) is 5.82 Å². The van der Waals surface area contributed by atoms with E-state index >= 15 is 0 Å². The van der Waals surface area contributed by atoms with E-state index < -0.39 is 0 Å². The minimum Gasteiger partial charge on any atom is -0.376 e. The third-order valence-corrected chi connectivity index (χ3v) is 3.93. The molecule has 1 aromatic carbocycles. The minimum atomic E-state index is -0.254. The highest BCUT2D eigenvalue weighted by Crippen LogP contribution is 2.12. The van der Waals surface area contributed by atoms with E-state index in [2.05, 4.69) is 15.6 Å². The van der Waals surface area contributed by atoms with Gasteiger partial charge in [-0.3, -0.25) is 4.79 Å². The summed E-state index contributed by atoms with van der Waals surface area (Å²) >= 11 is 0. The van der Waals surface area contributed by atoms with Crippen molar-refractivity contribution in [2.75, 3.05) is 18.5 Å². The monoisotopic (exact) mass is 329 g/mol. The first-order valence-corrected chi connectivity index (χ1v) is 8.05. The number of carbonyl (C=O) groups excluding carboxylic acids is 1. The van der Waals surface area contributed by atoms with E-state index in [0.29, 0.717) is 24.5 Å². The summed E-state index contributed by atoms with van der Waals surface area (Å²) < 4.78 is 18.3. The summed E-state index contributed by atoms with van der Waals surface area (Å²) in [5, 5.41) is 6.00. The van der Waals surface area contributed by atoms with Crippen LogP contribution in [0.3, 0.4) is 0 Å². The standard InChI is InChI=1S/C18H20FN3O2/c19-15-6-3-13(4-7-15)10-20-17-8-5-14(11-21-17)18(23)22-12-16-2-1-9-24-16/h3-8,11,16H,1-2,9-10,12H2,(H,20,21)(H,22,23)/t16-/m0/s1. The molecule has 5 nitrogen and oxygen atoms in total. The highest BCUT2D eigenvalue weighted by Gasteiger charge is 2.16. The molecule has 2 N–H and O–H groups in total. The Morgan fingerprint density at radius 2 is 2.08 bits per heavy atom. The molecule has 0 saturated carbocycles. The van der Waals surface area contributed by atoms with Crippen LogP contribution >= 0.6 is 0 Å². The molecule has 24 heavy (non-hydrogen) atoms. The number of anilines is 1. The van der Waals surface area contributed by atoms with Crippen LogP contribution in [0.5, 0.6) is 0 Å². The number of nitrogens with one attached hydrogen (secondary N) is 2. The molecule has 1 saturated heterocycles. The second-order valence-corrected chi connectivity index (χ2v) is 5.76. The van der Waals surface area contributed by atoms with E-state index in [1.165, 1.54) is 18.3 Å². The van der Waals surface area contributed by atoms with Gasteiger partial charge >= 0.3 is 0 Å². The van der Waals surface area contributed by atoms with Crippen LogP contribution in [0.1, 0.15) is 28.8 Å². The smallest absolute Gasteiger partial charge is 0.252 e. The molecule has 0 bridgehead atoms. The maximum absolute atomic E-state index is 12.9.